The molecule has 0 aliphatic heterocycles. The monoisotopic (exact) mass is 568 g/mol. The predicted molar refractivity (Wildman–Crippen MR) is 159 cm³/mol. The fourth-order valence-electron chi connectivity index (χ4n) is 4.79. The molecule has 6 aromatic rings. The zero-order chi connectivity index (χ0) is 29.9. The standard InChI is InChI=1S/C32H16N12/c33-17-39-27-29-30(42-24(20-10-2-6-14-36-20)23(41-29)19-9-1-5-13-35-19)28(40-18-34)32-31(27)43-25(21-11-3-7-15-37-21)26(44-32)22-12-4-8-16-38-22/h1-16H. The Balaban J connectivity index is 1.57. The topological polar surface area (TPSA) is 175 Å². The molecule has 0 atom stereocenters. The van der Waals surface area contributed by atoms with Gasteiger partial charge in [0.1, 0.15) is 57.0 Å². The number of pyridine rings is 4. The van der Waals surface area contributed by atoms with Crippen molar-refractivity contribution < 1.29 is 0 Å². The minimum Gasteiger partial charge on any atom is -0.255 e. The molecular weight excluding hydrogens is 552 g/mol. The Morgan fingerprint density at radius 2 is 0.659 bits per heavy atom. The molecule has 12 heteroatoms. The highest BCUT2D eigenvalue weighted by atomic mass is 15.0. The minimum atomic E-state index is 0.115. The summed E-state index contributed by atoms with van der Waals surface area (Å²) in [6, 6.07) is 21.7. The van der Waals surface area contributed by atoms with Gasteiger partial charge in [-0.05, 0) is 48.5 Å². The van der Waals surface area contributed by atoms with Crippen molar-refractivity contribution in [3.8, 4) is 57.9 Å². The van der Waals surface area contributed by atoms with E-state index in [1.807, 2.05) is 36.7 Å². The lowest BCUT2D eigenvalue weighted by Crippen LogP contribution is -2.29. The molecule has 204 valence electrons. The van der Waals surface area contributed by atoms with Crippen LogP contribution in [0.3, 0.4) is 0 Å². The summed E-state index contributed by atoms with van der Waals surface area (Å²) in [7, 11) is 0. The molecule has 12 nitrogen and oxygen atoms in total. The predicted octanol–water partition coefficient (Wildman–Crippen LogP) is 4.46. The number of aromatic nitrogens is 8. The maximum atomic E-state index is 9.82. The van der Waals surface area contributed by atoms with Gasteiger partial charge in [-0.15, -0.1) is 0 Å². The van der Waals surface area contributed by atoms with Gasteiger partial charge in [0.15, 0.2) is 0 Å². The summed E-state index contributed by atoms with van der Waals surface area (Å²) in [6.45, 7) is 0. The molecule has 6 heterocycles. The Morgan fingerprint density at radius 1 is 0.386 bits per heavy atom. The molecule has 0 radical (unpaired) electrons. The minimum absolute atomic E-state index is 0.115. The van der Waals surface area contributed by atoms with Gasteiger partial charge in [0.05, 0.1) is 22.8 Å². The van der Waals surface area contributed by atoms with E-state index in [9.17, 15) is 10.5 Å². The summed E-state index contributed by atoms with van der Waals surface area (Å²) >= 11 is 0. The van der Waals surface area contributed by atoms with Crippen molar-refractivity contribution in [2.24, 2.45) is 9.98 Å². The van der Waals surface area contributed by atoms with Crippen LogP contribution in [0.4, 0.5) is 0 Å². The third-order valence-corrected chi connectivity index (χ3v) is 6.64. The van der Waals surface area contributed by atoms with Gasteiger partial charge in [-0.1, -0.05) is 24.3 Å². The van der Waals surface area contributed by atoms with E-state index < -0.39 is 0 Å². The van der Waals surface area contributed by atoms with Crippen molar-refractivity contribution in [2.75, 3.05) is 0 Å². The van der Waals surface area contributed by atoms with Crippen molar-refractivity contribution in [1.82, 2.24) is 39.9 Å². The second-order valence-corrected chi connectivity index (χ2v) is 9.22. The SMILES string of the molecule is N#CN=C1c2nc(-c3ccccn3)c(-c3ccccn3)nc2C(=NC#N)c2nc(-c3ccccn3)c(-c3ccccn3)nc21. The molecule has 1 aliphatic rings. The van der Waals surface area contributed by atoms with Gasteiger partial charge in [-0.3, -0.25) is 19.9 Å². The largest absolute Gasteiger partial charge is 0.255 e. The average Bonchev–Trinajstić information content (AvgIpc) is 3.10. The molecule has 7 rings (SSSR count). The number of rotatable bonds is 4. The second-order valence-electron chi connectivity index (χ2n) is 9.22. The number of nitriles is 2. The van der Waals surface area contributed by atoms with Crippen LogP contribution in [0.1, 0.15) is 22.8 Å². The molecular formula is C32H16N12. The lowest BCUT2D eigenvalue weighted by molar-refractivity contribution is 1.07. The van der Waals surface area contributed by atoms with Crippen LogP contribution in [0.25, 0.3) is 45.6 Å². The first kappa shape index (κ1) is 26.0. The Labute approximate surface area is 250 Å². The Bertz CT molecular complexity index is 1870. The Morgan fingerprint density at radius 3 is 0.864 bits per heavy atom. The lowest BCUT2D eigenvalue weighted by atomic mass is 9.94. The molecule has 0 unspecified atom stereocenters. The van der Waals surface area contributed by atoms with E-state index in [0.717, 1.165) is 0 Å². The zero-order valence-electron chi connectivity index (χ0n) is 22.6. The molecule has 0 amide bonds. The van der Waals surface area contributed by atoms with Crippen LogP contribution in [-0.2, 0) is 0 Å². The quantitative estimate of drug-likeness (QED) is 0.275. The first-order valence-electron chi connectivity index (χ1n) is 13.2. The average molecular weight is 569 g/mol. The van der Waals surface area contributed by atoms with Crippen molar-refractivity contribution in [3.05, 3.63) is 120 Å². The lowest BCUT2D eigenvalue weighted by Gasteiger charge is -2.22. The van der Waals surface area contributed by atoms with E-state index in [4.69, 9.17) is 19.9 Å². The summed E-state index contributed by atoms with van der Waals surface area (Å²) in [6.07, 6.45) is 10.3. The van der Waals surface area contributed by atoms with E-state index in [1.165, 1.54) is 0 Å². The van der Waals surface area contributed by atoms with Crippen molar-refractivity contribution in [2.45, 2.75) is 0 Å². The van der Waals surface area contributed by atoms with Crippen molar-refractivity contribution in [1.29, 1.82) is 10.5 Å². The number of hydrogen-bond acceptors (Lipinski definition) is 12. The third kappa shape index (κ3) is 4.51. The molecule has 0 bridgehead atoms. The van der Waals surface area contributed by atoms with Gasteiger partial charge in [0.25, 0.3) is 0 Å². The molecule has 0 saturated heterocycles. The van der Waals surface area contributed by atoms with Crippen LogP contribution in [0, 0.1) is 22.9 Å². The Hall–Kier alpha value is -6.92. The highest BCUT2D eigenvalue weighted by Gasteiger charge is 2.36. The van der Waals surface area contributed by atoms with Gasteiger partial charge >= 0.3 is 0 Å². The van der Waals surface area contributed by atoms with E-state index in [-0.39, 0.29) is 34.2 Å². The van der Waals surface area contributed by atoms with Crippen LogP contribution < -0.4 is 0 Å². The molecule has 6 aromatic heterocycles. The number of fused-ring (bicyclic) bond motifs is 2. The molecule has 0 spiro atoms. The summed E-state index contributed by atoms with van der Waals surface area (Å²) in [5.41, 5.74) is 4.70. The van der Waals surface area contributed by atoms with Gasteiger partial charge in [-0.2, -0.15) is 20.5 Å². The maximum absolute atomic E-state index is 9.82. The molecule has 0 aromatic carbocycles. The highest BCUT2D eigenvalue weighted by Crippen LogP contribution is 2.35. The molecule has 0 saturated carbocycles. The normalized spacial score (nSPS) is 11.5. The van der Waals surface area contributed by atoms with Crippen molar-refractivity contribution in [3.63, 3.8) is 0 Å². The number of hydrogen-bond donors (Lipinski definition) is 0. The van der Waals surface area contributed by atoms with Crippen LogP contribution in [0.5, 0.6) is 0 Å². The maximum Gasteiger partial charge on any atom is 0.206 e. The zero-order valence-corrected chi connectivity index (χ0v) is 22.6. The van der Waals surface area contributed by atoms with E-state index in [1.54, 1.807) is 73.3 Å². The highest BCUT2D eigenvalue weighted by molar-refractivity contribution is 6.29. The van der Waals surface area contributed by atoms with Gasteiger partial charge in [0.2, 0.25) is 12.4 Å². The Kier molecular flexibility index (Phi) is 6.60. The number of aliphatic imine (C=N–C) groups is 2. The molecule has 1 aliphatic carbocycles. The summed E-state index contributed by atoms with van der Waals surface area (Å²) in [5, 5.41) is 19.6. The van der Waals surface area contributed by atoms with Crippen LogP contribution in [-0.4, -0.2) is 51.3 Å². The van der Waals surface area contributed by atoms with Gasteiger partial charge in [0, 0.05) is 24.8 Å². The molecule has 0 N–H and O–H groups in total. The van der Waals surface area contributed by atoms with Gasteiger partial charge < -0.3 is 0 Å². The summed E-state index contributed by atoms with van der Waals surface area (Å²) in [5.74, 6) is 0. The summed E-state index contributed by atoms with van der Waals surface area (Å²) < 4.78 is 0. The van der Waals surface area contributed by atoms with Crippen LogP contribution in [0.15, 0.2) is 108 Å². The smallest absolute Gasteiger partial charge is 0.206 e. The van der Waals surface area contributed by atoms with Crippen LogP contribution in [0.2, 0.25) is 0 Å². The fourth-order valence-corrected chi connectivity index (χ4v) is 4.79. The van der Waals surface area contributed by atoms with E-state index in [2.05, 4.69) is 29.9 Å². The first-order valence-corrected chi connectivity index (χ1v) is 13.2. The third-order valence-electron chi connectivity index (χ3n) is 6.64. The first-order chi connectivity index (χ1) is 21.8. The second kappa shape index (κ2) is 11.2. The molecule has 44 heavy (non-hydrogen) atoms. The van der Waals surface area contributed by atoms with E-state index in [0.29, 0.717) is 45.6 Å². The van der Waals surface area contributed by atoms with E-state index >= 15 is 0 Å². The van der Waals surface area contributed by atoms with Gasteiger partial charge in [-0.25, -0.2) is 19.9 Å². The van der Waals surface area contributed by atoms with Crippen LogP contribution >= 0.6 is 0 Å². The summed E-state index contributed by atoms with van der Waals surface area (Å²) in [4.78, 5) is 46.0. The van der Waals surface area contributed by atoms with Crippen molar-refractivity contribution >= 4 is 11.4 Å². The number of nitrogens with zero attached hydrogens (tertiary/aromatic N) is 12. The molecule has 0 fully saturated rings. The fraction of sp³-hybridized carbons (Fsp3) is 0.